The van der Waals surface area contributed by atoms with E-state index in [1.54, 1.807) is 16.7 Å². The maximum atomic E-state index is 13.2. The molecule has 0 spiro atoms. The Bertz CT molecular complexity index is 1440. The van der Waals surface area contributed by atoms with Crippen molar-refractivity contribution in [2.24, 2.45) is 0 Å². The average Bonchev–Trinajstić information content (AvgIpc) is 3.07. The second kappa shape index (κ2) is 12.0. The van der Waals surface area contributed by atoms with Gasteiger partial charge in [0.25, 0.3) is 0 Å². The van der Waals surface area contributed by atoms with Crippen LogP contribution in [0.1, 0.15) is 44.0 Å². The number of carbonyl (C=O) groups excluding carboxylic acids is 1. The van der Waals surface area contributed by atoms with Crippen molar-refractivity contribution in [3.63, 3.8) is 0 Å². The number of nitrogens with zero attached hydrogens (tertiary/aromatic N) is 4. The smallest absolute Gasteiger partial charge is 0.247 e. The SMILES string of the molecule is CCCCSc1nnc2c(n1)O[C@H](c1cc(Br)ccc1OCc1ccccc1)N(C(C)=O)c1ccccc1-2. The number of amides is 1. The lowest BCUT2D eigenvalue weighted by molar-refractivity contribution is -0.118. The molecule has 0 bridgehead atoms. The van der Waals surface area contributed by atoms with E-state index >= 15 is 0 Å². The summed E-state index contributed by atoms with van der Waals surface area (Å²) in [6.07, 6.45) is 1.29. The number of ether oxygens (including phenoxy) is 2. The number of thioether (sulfide) groups is 1. The minimum Gasteiger partial charge on any atom is -0.488 e. The van der Waals surface area contributed by atoms with Gasteiger partial charge in [0.05, 0.1) is 11.3 Å². The Morgan fingerprint density at radius 2 is 1.87 bits per heavy atom. The minimum atomic E-state index is -0.844. The molecule has 0 N–H and O–H groups in total. The van der Waals surface area contributed by atoms with E-state index in [0.717, 1.165) is 34.2 Å². The second-order valence-corrected chi connectivity index (χ2v) is 10.8. The van der Waals surface area contributed by atoms with Crippen LogP contribution in [-0.4, -0.2) is 26.8 Å². The van der Waals surface area contributed by atoms with Gasteiger partial charge >= 0.3 is 0 Å². The number of anilines is 1. The van der Waals surface area contributed by atoms with E-state index in [0.29, 0.717) is 40.3 Å². The molecule has 1 aliphatic rings. The van der Waals surface area contributed by atoms with Crippen molar-refractivity contribution in [3.8, 4) is 22.9 Å². The van der Waals surface area contributed by atoms with E-state index in [4.69, 9.17) is 14.5 Å². The number of unbranched alkanes of at least 4 members (excludes halogenated alkanes) is 1. The largest absolute Gasteiger partial charge is 0.488 e. The third-order valence-electron chi connectivity index (χ3n) is 6.06. The second-order valence-electron chi connectivity index (χ2n) is 8.78. The van der Waals surface area contributed by atoms with Gasteiger partial charge in [-0.05, 0) is 36.2 Å². The van der Waals surface area contributed by atoms with Gasteiger partial charge in [0.2, 0.25) is 23.2 Å². The number of hydrogen-bond acceptors (Lipinski definition) is 7. The average molecular weight is 592 g/mol. The topological polar surface area (TPSA) is 77.4 Å². The number of para-hydroxylation sites is 1. The maximum Gasteiger partial charge on any atom is 0.247 e. The molecule has 1 aliphatic heterocycles. The van der Waals surface area contributed by atoms with Crippen molar-refractivity contribution in [2.75, 3.05) is 10.7 Å². The van der Waals surface area contributed by atoms with Crippen molar-refractivity contribution < 1.29 is 14.3 Å². The highest BCUT2D eigenvalue weighted by atomic mass is 79.9. The third kappa shape index (κ3) is 5.68. The first-order chi connectivity index (χ1) is 18.5. The maximum absolute atomic E-state index is 13.2. The molecule has 1 aromatic heterocycles. The van der Waals surface area contributed by atoms with Crippen LogP contribution in [0.3, 0.4) is 0 Å². The number of rotatable bonds is 8. The van der Waals surface area contributed by atoms with Crippen molar-refractivity contribution in [1.82, 2.24) is 15.2 Å². The Kier molecular flexibility index (Phi) is 8.24. The minimum absolute atomic E-state index is 0.185. The molecule has 4 aromatic rings. The molecular formula is C29H27BrN4O3S. The lowest BCUT2D eigenvalue weighted by Crippen LogP contribution is -2.36. The summed E-state index contributed by atoms with van der Waals surface area (Å²) in [5.41, 5.74) is 3.61. The normalized spacial score (nSPS) is 14.2. The van der Waals surface area contributed by atoms with E-state index in [1.807, 2.05) is 72.8 Å². The molecule has 0 saturated carbocycles. The molecule has 194 valence electrons. The predicted molar refractivity (Wildman–Crippen MR) is 152 cm³/mol. The van der Waals surface area contributed by atoms with Gasteiger partial charge in [0.1, 0.15) is 12.4 Å². The lowest BCUT2D eigenvalue weighted by atomic mass is 10.1. The summed E-state index contributed by atoms with van der Waals surface area (Å²) >= 11 is 5.13. The number of benzene rings is 3. The van der Waals surface area contributed by atoms with E-state index < -0.39 is 6.23 Å². The van der Waals surface area contributed by atoms with E-state index in [9.17, 15) is 4.79 Å². The van der Waals surface area contributed by atoms with E-state index in [-0.39, 0.29) is 5.91 Å². The lowest BCUT2D eigenvalue weighted by Gasteiger charge is -2.31. The summed E-state index contributed by atoms with van der Waals surface area (Å²) in [5.74, 6) is 1.64. The zero-order valence-electron chi connectivity index (χ0n) is 21.1. The molecule has 5 rings (SSSR count). The number of halogens is 1. The van der Waals surface area contributed by atoms with Crippen LogP contribution in [0.4, 0.5) is 5.69 Å². The summed E-state index contributed by atoms with van der Waals surface area (Å²) < 4.78 is 13.7. The number of aromatic nitrogens is 3. The Morgan fingerprint density at radius 3 is 2.66 bits per heavy atom. The van der Waals surface area contributed by atoms with Gasteiger partial charge < -0.3 is 9.47 Å². The Hall–Kier alpha value is -3.43. The molecule has 0 aliphatic carbocycles. The molecule has 0 saturated heterocycles. The first-order valence-corrected chi connectivity index (χ1v) is 14.2. The van der Waals surface area contributed by atoms with Gasteiger partial charge in [0, 0.05) is 22.7 Å². The fraction of sp³-hybridized carbons (Fsp3) is 0.241. The van der Waals surface area contributed by atoms with Crippen LogP contribution >= 0.6 is 27.7 Å². The summed E-state index contributed by atoms with van der Waals surface area (Å²) in [6, 6.07) is 23.2. The molecule has 38 heavy (non-hydrogen) atoms. The highest BCUT2D eigenvalue weighted by molar-refractivity contribution is 9.10. The summed E-state index contributed by atoms with van der Waals surface area (Å²) in [5, 5.41) is 9.39. The Morgan fingerprint density at radius 1 is 1.08 bits per heavy atom. The molecule has 1 atom stereocenters. The van der Waals surface area contributed by atoms with Gasteiger partial charge in [-0.2, -0.15) is 4.98 Å². The van der Waals surface area contributed by atoms with Crippen LogP contribution in [0, 0.1) is 0 Å². The van der Waals surface area contributed by atoms with Crippen molar-refractivity contribution in [1.29, 1.82) is 0 Å². The highest BCUT2D eigenvalue weighted by Gasteiger charge is 2.36. The molecule has 0 unspecified atom stereocenters. The van der Waals surface area contributed by atoms with Gasteiger partial charge in [-0.15, -0.1) is 10.2 Å². The van der Waals surface area contributed by atoms with Crippen LogP contribution in [0.2, 0.25) is 0 Å². The molecule has 3 aromatic carbocycles. The number of carbonyl (C=O) groups is 1. The zero-order chi connectivity index (χ0) is 26.5. The molecule has 1 amide bonds. The summed E-state index contributed by atoms with van der Waals surface area (Å²) in [4.78, 5) is 19.6. The first-order valence-electron chi connectivity index (χ1n) is 12.4. The Labute approximate surface area is 234 Å². The predicted octanol–water partition coefficient (Wildman–Crippen LogP) is 7.22. The van der Waals surface area contributed by atoms with Gasteiger partial charge in [0.15, 0.2) is 5.69 Å². The van der Waals surface area contributed by atoms with Gasteiger partial charge in [-0.1, -0.05) is 89.6 Å². The van der Waals surface area contributed by atoms with E-state index in [2.05, 4.69) is 33.1 Å². The molecular weight excluding hydrogens is 564 g/mol. The third-order valence-corrected chi connectivity index (χ3v) is 7.47. The zero-order valence-corrected chi connectivity index (χ0v) is 23.5. The number of fused-ring (bicyclic) bond motifs is 3. The fourth-order valence-corrected chi connectivity index (χ4v) is 5.44. The summed E-state index contributed by atoms with van der Waals surface area (Å²) in [6.45, 7) is 4.04. The van der Waals surface area contributed by atoms with Gasteiger partial charge in [-0.25, -0.2) is 0 Å². The van der Waals surface area contributed by atoms with Crippen molar-refractivity contribution in [3.05, 3.63) is 88.4 Å². The summed E-state index contributed by atoms with van der Waals surface area (Å²) in [7, 11) is 0. The van der Waals surface area contributed by atoms with Crippen LogP contribution in [-0.2, 0) is 11.4 Å². The standard InChI is InChI=1S/C29H27BrN4O3S/c1-3-4-16-38-29-31-27-26(32-33-29)22-12-8-9-13-24(22)34(19(2)35)28(37-27)23-17-21(30)14-15-25(23)36-18-20-10-6-5-7-11-20/h5-15,17,28H,3-4,16,18H2,1-2H3/t28-/m1/s1. The van der Waals surface area contributed by atoms with Crippen molar-refractivity contribution >= 4 is 39.3 Å². The highest BCUT2D eigenvalue weighted by Crippen LogP contribution is 2.45. The van der Waals surface area contributed by atoms with Gasteiger partial charge in [-0.3, -0.25) is 9.69 Å². The fourth-order valence-electron chi connectivity index (χ4n) is 4.20. The molecule has 7 nitrogen and oxygen atoms in total. The monoisotopic (exact) mass is 590 g/mol. The van der Waals surface area contributed by atoms with Crippen LogP contribution in [0.5, 0.6) is 11.6 Å². The molecule has 0 fully saturated rings. The Balaban J connectivity index is 1.61. The number of hydrogen-bond donors (Lipinski definition) is 0. The van der Waals surface area contributed by atoms with E-state index in [1.165, 1.54) is 6.92 Å². The molecule has 2 heterocycles. The quantitative estimate of drug-likeness (QED) is 0.158. The molecule has 0 radical (unpaired) electrons. The first kappa shape index (κ1) is 26.2. The molecule has 9 heteroatoms. The van der Waals surface area contributed by atoms with Crippen LogP contribution < -0.4 is 14.4 Å². The van der Waals surface area contributed by atoms with Crippen LogP contribution in [0.15, 0.2) is 82.4 Å². The van der Waals surface area contributed by atoms with Crippen molar-refractivity contribution in [2.45, 2.75) is 44.7 Å². The van der Waals surface area contributed by atoms with Crippen LogP contribution in [0.25, 0.3) is 11.3 Å².